The number of nitrogens with one attached hydrogen (secondary N) is 1. The van der Waals surface area contributed by atoms with Gasteiger partial charge < -0.3 is 15.2 Å². The summed E-state index contributed by atoms with van der Waals surface area (Å²) >= 11 is 0. The molecule has 0 aromatic heterocycles. The Morgan fingerprint density at radius 3 is 2.56 bits per heavy atom. The molecule has 3 nitrogen and oxygen atoms in total. The van der Waals surface area contributed by atoms with Crippen molar-refractivity contribution in [2.45, 2.75) is 39.8 Å². The molecule has 1 rings (SSSR count). The van der Waals surface area contributed by atoms with Crippen molar-refractivity contribution in [3.63, 3.8) is 0 Å². The average Bonchev–Trinajstić information content (AvgIpc) is 2.33. The van der Waals surface area contributed by atoms with E-state index in [0.717, 1.165) is 18.8 Å². The molecule has 2 atom stereocenters. The predicted octanol–water partition coefficient (Wildman–Crippen LogP) is 3.10. The number of phenolic OH excluding ortho intramolecular Hbond substituents is 1. The Hall–Kier alpha value is -1.06. The van der Waals surface area contributed by atoms with Gasteiger partial charge in [-0.1, -0.05) is 26.0 Å². The van der Waals surface area contributed by atoms with Crippen LogP contribution in [0.3, 0.4) is 0 Å². The Labute approximate surface area is 110 Å². The van der Waals surface area contributed by atoms with E-state index in [-0.39, 0.29) is 6.04 Å². The number of aromatic hydroxyl groups is 1. The molecule has 0 heterocycles. The molecular formula is C15H25NO2. The predicted molar refractivity (Wildman–Crippen MR) is 74.8 cm³/mol. The highest BCUT2D eigenvalue weighted by molar-refractivity contribution is 5.29. The molecule has 0 aliphatic heterocycles. The summed E-state index contributed by atoms with van der Waals surface area (Å²) in [5.41, 5.74) is 1.09. The Morgan fingerprint density at radius 2 is 2.00 bits per heavy atom. The molecule has 0 bridgehead atoms. The van der Waals surface area contributed by atoms with Crippen LogP contribution in [0.2, 0.25) is 0 Å². The lowest BCUT2D eigenvalue weighted by Crippen LogP contribution is -2.39. The summed E-state index contributed by atoms with van der Waals surface area (Å²) in [5.74, 6) is 0.823. The highest BCUT2D eigenvalue weighted by Gasteiger charge is 2.17. The van der Waals surface area contributed by atoms with Gasteiger partial charge in [-0.3, -0.25) is 0 Å². The minimum Gasteiger partial charge on any atom is -0.508 e. The average molecular weight is 251 g/mol. The highest BCUT2D eigenvalue weighted by atomic mass is 16.5. The Balaban J connectivity index is 2.63. The summed E-state index contributed by atoms with van der Waals surface area (Å²) < 4.78 is 5.51. The van der Waals surface area contributed by atoms with Gasteiger partial charge in [0, 0.05) is 18.7 Å². The van der Waals surface area contributed by atoms with Crippen molar-refractivity contribution in [3.8, 4) is 5.75 Å². The summed E-state index contributed by atoms with van der Waals surface area (Å²) in [7, 11) is 0. The first-order valence-corrected chi connectivity index (χ1v) is 6.67. The van der Waals surface area contributed by atoms with E-state index in [1.54, 1.807) is 12.1 Å². The fourth-order valence-electron chi connectivity index (χ4n) is 1.89. The van der Waals surface area contributed by atoms with Gasteiger partial charge in [0.15, 0.2) is 0 Å². The molecule has 0 fully saturated rings. The first kappa shape index (κ1) is 15.0. The zero-order valence-electron chi connectivity index (χ0n) is 11.8. The number of rotatable bonds is 7. The van der Waals surface area contributed by atoms with Crippen LogP contribution >= 0.6 is 0 Å². The number of benzene rings is 1. The minimum absolute atomic E-state index is 0.199. The number of phenols is 1. The van der Waals surface area contributed by atoms with Gasteiger partial charge >= 0.3 is 0 Å². The standard InChI is InChI=1S/C15H25NO2/c1-5-18-10-15(11(2)3)16-12(4)13-7-6-8-14(17)9-13/h6-9,11-12,15-17H,5,10H2,1-4H3. The van der Waals surface area contributed by atoms with E-state index in [2.05, 4.69) is 26.1 Å². The Morgan fingerprint density at radius 1 is 1.28 bits per heavy atom. The highest BCUT2D eigenvalue weighted by Crippen LogP contribution is 2.19. The molecule has 1 aromatic carbocycles. The molecule has 18 heavy (non-hydrogen) atoms. The summed E-state index contributed by atoms with van der Waals surface area (Å²) in [5, 5.41) is 13.1. The lowest BCUT2D eigenvalue weighted by Gasteiger charge is -2.26. The second kappa shape index (κ2) is 7.39. The van der Waals surface area contributed by atoms with E-state index in [9.17, 15) is 5.11 Å². The topological polar surface area (TPSA) is 41.5 Å². The van der Waals surface area contributed by atoms with Crippen LogP contribution in [0.25, 0.3) is 0 Å². The quantitative estimate of drug-likeness (QED) is 0.782. The van der Waals surface area contributed by atoms with Crippen molar-refractivity contribution in [2.75, 3.05) is 13.2 Å². The third kappa shape index (κ3) is 4.67. The first-order chi connectivity index (χ1) is 8.54. The molecule has 1 aromatic rings. The molecule has 102 valence electrons. The van der Waals surface area contributed by atoms with Gasteiger partial charge in [-0.2, -0.15) is 0 Å². The van der Waals surface area contributed by atoms with Gasteiger partial charge in [0.2, 0.25) is 0 Å². The lowest BCUT2D eigenvalue weighted by atomic mass is 10.0. The molecule has 0 amide bonds. The number of hydrogen-bond donors (Lipinski definition) is 2. The molecule has 0 radical (unpaired) electrons. The van der Waals surface area contributed by atoms with Crippen molar-refractivity contribution in [1.82, 2.24) is 5.32 Å². The van der Waals surface area contributed by atoms with Crippen LogP contribution in [0.4, 0.5) is 0 Å². The van der Waals surface area contributed by atoms with E-state index in [1.807, 2.05) is 19.1 Å². The maximum atomic E-state index is 9.49. The van der Waals surface area contributed by atoms with Crippen molar-refractivity contribution >= 4 is 0 Å². The Bertz CT molecular complexity index is 352. The molecule has 2 N–H and O–H groups in total. The zero-order chi connectivity index (χ0) is 13.5. The van der Waals surface area contributed by atoms with Crippen LogP contribution in [0, 0.1) is 5.92 Å². The van der Waals surface area contributed by atoms with Crippen molar-refractivity contribution < 1.29 is 9.84 Å². The van der Waals surface area contributed by atoms with Crippen LogP contribution in [-0.2, 0) is 4.74 Å². The fraction of sp³-hybridized carbons (Fsp3) is 0.600. The van der Waals surface area contributed by atoms with E-state index in [4.69, 9.17) is 4.74 Å². The monoisotopic (exact) mass is 251 g/mol. The summed E-state index contributed by atoms with van der Waals surface area (Å²) in [6.07, 6.45) is 0. The fourth-order valence-corrected chi connectivity index (χ4v) is 1.89. The maximum Gasteiger partial charge on any atom is 0.115 e. The van der Waals surface area contributed by atoms with Crippen LogP contribution in [0.1, 0.15) is 39.3 Å². The van der Waals surface area contributed by atoms with E-state index in [0.29, 0.717) is 17.7 Å². The Kier molecular flexibility index (Phi) is 6.16. The van der Waals surface area contributed by atoms with E-state index in [1.165, 1.54) is 0 Å². The summed E-state index contributed by atoms with van der Waals surface area (Å²) in [6.45, 7) is 9.95. The molecule has 0 aliphatic carbocycles. The van der Waals surface area contributed by atoms with Gasteiger partial charge in [0.1, 0.15) is 5.75 Å². The van der Waals surface area contributed by atoms with E-state index < -0.39 is 0 Å². The molecule has 0 spiro atoms. The van der Waals surface area contributed by atoms with E-state index >= 15 is 0 Å². The van der Waals surface area contributed by atoms with Crippen LogP contribution in [-0.4, -0.2) is 24.4 Å². The van der Waals surface area contributed by atoms with Gasteiger partial charge in [0.25, 0.3) is 0 Å². The van der Waals surface area contributed by atoms with Gasteiger partial charge in [-0.15, -0.1) is 0 Å². The molecule has 0 aliphatic rings. The minimum atomic E-state index is 0.199. The third-order valence-corrected chi connectivity index (χ3v) is 3.14. The number of hydrogen-bond acceptors (Lipinski definition) is 3. The van der Waals surface area contributed by atoms with Crippen molar-refractivity contribution in [1.29, 1.82) is 0 Å². The van der Waals surface area contributed by atoms with Crippen molar-refractivity contribution in [2.24, 2.45) is 5.92 Å². The van der Waals surface area contributed by atoms with Gasteiger partial charge in [-0.25, -0.2) is 0 Å². The SMILES string of the molecule is CCOCC(NC(C)c1cccc(O)c1)C(C)C. The maximum absolute atomic E-state index is 9.49. The van der Waals surface area contributed by atoms with Crippen molar-refractivity contribution in [3.05, 3.63) is 29.8 Å². The smallest absolute Gasteiger partial charge is 0.115 e. The van der Waals surface area contributed by atoms with Crippen LogP contribution in [0.15, 0.2) is 24.3 Å². The molecule has 2 unspecified atom stereocenters. The van der Waals surface area contributed by atoms with Gasteiger partial charge in [-0.05, 0) is 37.5 Å². The summed E-state index contributed by atoms with van der Waals surface area (Å²) in [4.78, 5) is 0. The molecule has 0 saturated heterocycles. The molecule has 3 heteroatoms. The van der Waals surface area contributed by atoms with Crippen LogP contribution in [0.5, 0.6) is 5.75 Å². The third-order valence-electron chi connectivity index (χ3n) is 3.14. The van der Waals surface area contributed by atoms with Crippen LogP contribution < -0.4 is 5.32 Å². The lowest BCUT2D eigenvalue weighted by molar-refractivity contribution is 0.104. The second-order valence-corrected chi connectivity index (χ2v) is 4.99. The zero-order valence-corrected chi connectivity index (χ0v) is 11.8. The van der Waals surface area contributed by atoms with Gasteiger partial charge in [0.05, 0.1) is 6.61 Å². The molecular weight excluding hydrogens is 226 g/mol. The summed E-state index contributed by atoms with van der Waals surface area (Å²) in [6, 6.07) is 7.91. The number of ether oxygens (including phenoxy) is 1. The largest absolute Gasteiger partial charge is 0.508 e. The first-order valence-electron chi connectivity index (χ1n) is 6.67. The second-order valence-electron chi connectivity index (χ2n) is 4.99. The molecule has 0 saturated carbocycles. The normalized spacial score (nSPS) is 14.7.